The third-order valence-electron chi connectivity index (χ3n) is 3.52. The number of benzene rings is 1. The predicted octanol–water partition coefficient (Wildman–Crippen LogP) is 1.63. The summed E-state index contributed by atoms with van der Waals surface area (Å²) in [7, 11) is -4.51. The molecule has 11 heteroatoms. The van der Waals surface area contributed by atoms with E-state index in [9.17, 15) is 31.7 Å². The second-order valence-corrected chi connectivity index (χ2v) is 6.92. The van der Waals surface area contributed by atoms with Gasteiger partial charge in [0.05, 0.1) is 15.4 Å². The number of alkyl halides is 3. The molecule has 3 N–H and O–H groups in total. The molecule has 1 unspecified atom stereocenters. The van der Waals surface area contributed by atoms with Gasteiger partial charge in [-0.2, -0.15) is 13.2 Å². The molecule has 128 valence electrons. The molecule has 0 aliphatic heterocycles. The maximum absolute atomic E-state index is 13.1. The smallest absolute Gasteiger partial charge is 0.329 e. The molecular weight excluding hydrogens is 339 g/mol. The van der Waals surface area contributed by atoms with E-state index in [1.807, 2.05) is 0 Å². The summed E-state index contributed by atoms with van der Waals surface area (Å²) in [6, 6.07) is 0.863. The van der Waals surface area contributed by atoms with Gasteiger partial charge in [0.1, 0.15) is 0 Å². The van der Waals surface area contributed by atoms with E-state index in [0.717, 1.165) is 18.9 Å². The molecule has 0 heterocycles. The van der Waals surface area contributed by atoms with Crippen molar-refractivity contribution in [2.75, 3.05) is 6.54 Å². The van der Waals surface area contributed by atoms with Gasteiger partial charge in [0, 0.05) is 24.7 Å². The fraction of sp³-hybridized carbons (Fsp3) is 0.500. The van der Waals surface area contributed by atoms with Crippen LogP contribution < -0.4 is 10.5 Å². The first-order valence-corrected chi connectivity index (χ1v) is 8.12. The first-order valence-electron chi connectivity index (χ1n) is 6.64. The summed E-state index contributed by atoms with van der Waals surface area (Å²) in [5.41, 5.74) is 3.03. The average Bonchev–Trinajstić information content (AvgIpc) is 3.27. The Bertz CT molecular complexity index is 717. The van der Waals surface area contributed by atoms with E-state index in [0.29, 0.717) is 6.07 Å². The predicted molar refractivity (Wildman–Crippen MR) is 74.0 cm³/mol. The Balaban J connectivity index is 2.46. The third-order valence-corrected chi connectivity index (χ3v) is 5.07. The van der Waals surface area contributed by atoms with E-state index < -0.39 is 43.3 Å². The second kappa shape index (κ2) is 6.06. The maximum atomic E-state index is 13.1. The second-order valence-electron chi connectivity index (χ2n) is 5.24. The molecule has 0 spiro atoms. The van der Waals surface area contributed by atoms with E-state index in [1.54, 1.807) is 0 Å². The van der Waals surface area contributed by atoms with Crippen LogP contribution >= 0.6 is 0 Å². The Morgan fingerprint density at radius 1 is 1.39 bits per heavy atom. The van der Waals surface area contributed by atoms with E-state index in [4.69, 9.17) is 5.73 Å². The Kier molecular flexibility index (Phi) is 4.64. The molecule has 1 aromatic carbocycles. The van der Waals surface area contributed by atoms with Gasteiger partial charge >= 0.3 is 6.18 Å². The fourth-order valence-electron chi connectivity index (χ4n) is 2.19. The van der Waals surface area contributed by atoms with Crippen LogP contribution in [0.4, 0.5) is 18.9 Å². The lowest BCUT2D eigenvalue weighted by atomic mass is 10.2. The van der Waals surface area contributed by atoms with Crippen molar-refractivity contribution < 1.29 is 26.5 Å². The molecule has 7 nitrogen and oxygen atoms in total. The highest BCUT2D eigenvalue weighted by molar-refractivity contribution is 7.89. The van der Waals surface area contributed by atoms with Crippen molar-refractivity contribution in [3.63, 3.8) is 0 Å². The number of nitrogens with two attached hydrogens (primary N) is 1. The van der Waals surface area contributed by atoms with Gasteiger partial charge in [0.2, 0.25) is 10.0 Å². The standard InChI is InChI=1S/C12H14F3N3O4S/c13-12(14,15)9-5-8(18(19)20)3-4-11(9)23(21,22)17-10(6-16)7-1-2-7/h3-5,7,10,17H,1-2,6,16H2. The quantitative estimate of drug-likeness (QED) is 0.596. The van der Waals surface area contributed by atoms with E-state index in [1.165, 1.54) is 0 Å². The monoisotopic (exact) mass is 353 g/mol. The zero-order valence-electron chi connectivity index (χ0n) is 11.7. The molecule has 0 saturated heterocycles. The fourth-order valence-corrected chi connectivity index (χ4v) is 3.71. The van der Waals surface area contributed by atoms with Crippen LogP contribution in [0, 0.1) is 16.0 Å². The molecule has 1 aliphatic rings. The maximum Gasteiger partial charge on any atom is 0.417 e. The molecular formula is C12H14F3N3O4S. The Labute approximate surface area is 129 Å². The molecule has 0 amide bonds. The van der Waals surface area contributed by atoms with Crippen molar-refractivity contribution in [1.82, 2.24) is 4.72 Å². The lowest BCUT2D eigenvalue weighted by Crippen LogP contribution is -2.42. The SMILES string of the molecule is NCC(NS(=O)(=O)c1ccc([N+](=O)[O-])cc1C(F)(F)F)C1CC1. The Morgan fingerprint density at radius 2 is 2.00 bits per heavy atom. The molecule has 0 radical (unpaired) electrons. The molecule has 0 bridgehead atoms. The lowest BCUT2D eigenvalue weighted by molar-refractivity contribution is -0.385. The molecule has 1 atom stereocenters. The van der Waals surface area contributed by atoms with Crippen molar-refractivity contribution in [2.45, 2.75) is 30.0 Å². The molecule has 1 aromatic rings. The van der Waals surface area contributed by atoms with Crippen LogP contribution in [0.3, 0.4) is 0 Å². The summed E-state index contributed by atoms with van der Waals surface area (Å²) < 4.78 is 65.9. The number of nitro benzene ring substituents is 1. The number of nitro groups is 1. The van der Waals surface area contributed by atoms with Gasteiger partial charge in [-0.3, -0.25) is 10.1 Å². The summed E-state index contributed by atoms with van der Waals surface area (Å²) >= 11 is 0. The number of hydrogen-bond acceptors (Lipinski definition) is 5. The van der Waals surface area contributed by atoms with Crippen LogP contribution in [0.1, 0.15) is 18.4 Å². The number of halogens is 3. The highest BCUT2D eigenvalue weighted by Crippen LogP contribution is 2.37. The summed E-state index contributed by atoms with van der Waals surface area (Å²) in [5, 5.41) is 10.6. The Morgan fingerprint density at radius 3 is 2.43 bits per heavy atom. The number of sulfonamides is 1. The van der Waals surface area contributed by atoms with Gasteiger partial charge in [-0.25, -0.2) is 13.1 Å². The van der Waals surface area contributed by atoms with E-state index in [-0.39, 0.29) is 18.5 Å². The zero-order valence-corrected chi connectivity index (χ0v) is 12.5. The number of nitrogens with zero attached hydrogens (tertiary/aromatic N) is 1. The summed E-state index contributed by atoms with van der Waals surface area (Å²) in [5.74, 6) is 0.00200. The van der Waals surface area contributed by atoms with Crippen molar-refractivity contribution in [3.05, 3.63) is 33.9 Å². The highest BCUT2D eigenvalue weighted by Gasteiger charge is 2.40. The average molecular weight is 353 g/mol. The Hall–Kier alpha value is -1.72. The first-order chi connectivity index (χ1) is 10.6. The van der Waals surface area contributed by atoms with Gasteiger partial charge in [-0.1, -0.05) is 0 Å². The summed E-state index contributed by atoms with van der Waals surface area (Å²) in [4.78, 5) is 8.55. The minimum Gasteiger partial charge on any atom is -0.329 e. The number of hydrogen-bond donors (Lipinski definition) is 2. The lowest BCUT2D eigenvalue weighted by Gasteiger charge is -2.18. The zero-order chi connectivity index (χ0) is 17.4. The van der Waals surface area contributed by atoms with Crippen LogP contribution in [0.25, 0.3) is 0 Å². The molecule has 0 aromatic heterocycles. The van der Waals surface area contributed by atoms with Gasteiger partial charge < -0.3 is 5.73 Å². The van der Waals surface area contributed by atoms with Gasteiger partial charge in [0.15, 0.2) is 0 Å². The molecule has 23 heavy (non-hydrogen) atoms. The van der Waals surface area contributed by atoms with Crippen LogP contribution in [0.15, 0.2) is 23.1 Å². The van der Waals surface area contributed by atoms with Crippen LogP contribution in [-0.4, -0.2) is 25.9 Å². The van der Waals surface area contributed by atoms with Crippen molar-refractivity contribution in [3.8, 4) is 0 Å². The van der Waals surface area contributed by atoms with E-state index in [2.05, 4.69) is 4.72 Å². The molecule has 2 rings (SSSR count). The minimum atomic E-state index is -5.05. The van der Waals surface area contributed by atoms with Gasteiger partial charge in [0.25, 0.3) is 5.69 Å². The molecule has 1 fully saturated rings. The van der Waals surface area contributed by atoms with Crippen LogP contribution in [-0.2, 0) is 16.2 Å². The summed E-state index contributed by atoms with van der Waals surface area (Å²) in [6.07, 6.45) is -3.55. The molecule has 1 saturated carbocycles. The van der Waals surface area contributed by atoms with Crippen molar-refractivity contribution in [1.29, 1.82) is 0 Å². The number of rotatable bonds is 6. The van der Waals surface area contributed by atoms with Crippen LogP contribution in [0.5, 0.6) is 0 Å². The normalized spacial score (nSPS) is 17.0. The number of nitrogens with one attached hydrogen (secondary N) is 1. The largest absolute Gasteiger partial charge is 0.417 e. The van der Waals surface area contributed by atoms with Gasteiger partial charge in [-0.15, -0.1) is 0 Å². The topological polar surface area (TPSA) is 115 Å². The molecule has 1 aliphatic carbocycles. The van der Waals surface area contributed by atoms with Crippen molar-refractivity contribution >= 4 is 15.7 Å². The number of non-ortho nitro benzene ring substituents is 1. The highest BCUT2D eigenvalue weighted by atomic mass is 32.2. The first kappa shape index (κ1) is 17.6. The minimum absolute atomic E-state index is 0.00200. The van der Waals surface area contributed by atoms with E-state index >= 15 is 0 Å². The van der Waals surface area contributed by atoms with Crippen LogP contribution in [0.2, 0.25) is 0 Å². The third kappa shape index (κ3) is 3.98. The summed E-state index contributed by atoms with van der Waals surface area (Å²) in [6.45, 7) is -0.0434. The van der Waals surface area contributed by atoms with Crippen molar-refractivity contribution in [2.24, 2.45) is 11.7 Å². The van der Waals surface area contributed by atoms with Gasteiger partial charge in [-0.05, 0) is 24.8 Å².